The Kier molecular flexibility index (Phi) is 7.24. The topological polar surface area (TPSA) is 88.5 Å². The number of nitrogens with one attached hydrogen (secondary N) is 2. The van der Waals surface area contributed by atoms with Crippen LogP contribution in [-0.2, 0) is 4.74 Å². The normalized spacial score (nSPS) is 19.3. The van der Waals surface area contributed by atoms with Gasteiger partial charge in [0.05, 0.1) is 19.3 Å². The van der Waals surface area contributed by atoms with Gasteiger partial charge in [0.2, 0.25) is 0 Å². The molecule has 2 amide bonds. The Bertz CT molecular complexity index is 827. The molecule has 3 heterocycles. The third-order valence-electron chi connectivity index (χ3n) is 5.17. The fourth-order valence-electron chi connectivity index (χ4n) is 3.56. The van der Waals surface area contributed by atoms with E-state index < -0.39 is 0 Å². The molecule has 1 unspecified atom stereocenters. The highest BCUT2D eigenvalue weighted by Gasteiger charge is 2.19. The minimum absolute atomic E-state index is 0. The predicted octanol–water partition coefficient (Wildman–Crippen LogP) is 1.95. The summed E-state index contributed by atoms with van der Waals surface area (Å²) in [5.74, 6) is -0.268. The average Bonchev–Trinajstić information content (AvgIpc) is 3.26. The number of benzene rings is 1. The van der Waals surface area contributed by atoms with Crippen LogP contribution < -0.4 is 10.6 Å². The van der Waals surface area contributed by atoms with Crippen LogP contribution in [0.2, 0.25) is 0 Å². The molecule has 1 atom stereocenters. The Morgan fingerprint density at radius 2 is 1.90 bits per heavy atom. The first-order valence-corrected chi connectivity index (χ1v) is 9.75. The molecule has 156 valence electrons. The first-order valence-electron chi connectivity index (χ1n) is 9.75. The molecule has 1 aromatic heterocycles. The smallest absolute Gasteiger partial charge is 0.276 e. The monoisotopic (exact) mass is 419 g/mol. The lowest BCUT2D eigenvalue weighted by molar-refractivity contribution is 0.0303. The zero-order valence-electron chi connectivity index (χ0n) is 16.2. The number of hydrogen-bond acceptors (Lipinski definition) is 5. The van der Waals surface area contributed by atoms with Gasteiger partial charge in [0, 0.05) is 37.1 Å². The summed E-state index contributed by atoms with van der Waals surface area (Å²) in [7, 11) is 0. The first kappa shape index (κ1) is 21.3. The van der Waals surface area contributed by atoms with Crippen LogP contribution in [0.3, 0.4) is 0 Å². The van der Waals surface area contributed by atoms with Gasteiger partial charge in [0.25, 0.3) is 11.8 Å². The maximum absolute atomic E-state index is 12.5. The number of aromatic nitrogens is 2. The van der Waals surface area contributed by atoms with Crippen LogP contribution in [0.1, 0.15) is 39.7 Å². The number of carbonyl (C=O) groups is 2. The first-order chi connectivity index (χ1) is 13.7. The Labute approximate surface area is 176 Å². The van der Waals surface area contributed by atoms with Gasteiger partial charge in [-0.25, -0.2) is 0 Å². The second-order valence-corrected chi connectivity index (χ2v) is 7.12. The highest BCUT2D eigenvalue weighted by Crippen LogP contribution is 2.17. The largest absolute Gasteiger partial charge is 0.378 e. The van der Waals surface area contributed by atoms with Crippen molar-refractivity contribution in [2.24, 2.45) is 0 Å². The molecule has 1 aromatic carbocycles. The van der Waals surface area contributed by atoms with E-state index in [1.807, 2.05) is 10.9 Å². The Morgan fingerprint density at radius 1 is 1.14 bits per heavy atom. The fraction of sp³-hybridized carbons (Fsp3) is 0.450. The highest BCUT2D eigenvalue weighted by atomic mass is 35.5. The van der Waals surface area contributed by atoms with Crippen LogP contribution in [0.5, 0.6) is 0 Å². The van der Waals surface area contributed by atoms with Crippen LogP contribution in [0.25, 0.3) is 0 Å². The minimum Gasteiger partial charge on any atom is -0.378 e. The quantitative estimate of drug-likeness (QED) is 0.790. The summed E-state index contributed by atoms with van der Waals surface area (Å²) in [6.07, 6.45) is 4.03. The zero-order valence-corrected chi connectivity index (χ0v) is 17.0. The molecular formula is C20H26ClN5O3. The van der Waals surface area contributed by atoms with Gasteiger partial charge in [-0.3, -0.25) is 14.3 Å². The molecule has 8 nitrogen and oxygen atoms in total. The van der Waals surface area contributed by atoms with Gasteiger partial charge in [0.1, 0.15) is 0 Å². The molecule has 0 spiro atoms. The second kappa shape index (κ2) is 9.87. The van der Waals surface area contributed by atoms with Gasteiger partial charge in [-0.1, -0.05) is 0 Å². The summed E-state index contributed by atoms with van der Waals surface area (Å²) in [6, 6.07) is 8.99. The number of hydrogen-bond donors (Lipinski definition) is 2. The molecule has 0 aliphatic carbocycles. The van der Waals surface area contributed by atoms with Gasteiger partial charge < -0.3 is 20.3 Å². The van der Waals surface area contributed by atoms with Crippen molar-refractivity contribution in [2.75, 3.05) is 44.7 Å². The minimum atomic E-state index is -0.255. The predicted molar refractivity (Wildman–Crippen MR) is 112 cm³/mol. The van der Waals surface area contributed by atoms with Crippen LogP contribution >= 0.6 is 12.4 Å². The van der Waals surface area contributed by atoms with E-state index in [-0.39, 0.29) is 24.2 Å². The molecule has 2 fully saturated rings. The van der Waals surface area contributed by atoms with E-state index in [2.05, 4.69) is 15.7 Å². The number of halogens is 1. The summed E-state index contributed by atoms with van der Waals surface area (Å²) in [5, 5.41) is 10.6. The van der Waals surface area contributed by atoms with E-state index >= 15 is 0 Å². The van der Waals surface area contributed by atoms with E-state index in [1.54, 1.807) is 35.2 Å². The summed E-state index contributed by atoms with van der Waals surface area (Å²) in [5.41, 5.74) is 1.63. The number of ether oxygens (including phenoxy) is 1. The maximum atomic E-state index is 12.5. The number of anilines is 1. The SMILES string of the molecule is Cl.O=C(Nc1ccc(C(=O)N2CCOCC2)cc1)c1ccn(C2CCCNC2)n1. The van der Waals surface area contributed by atoms with Crippen LogP contribution in [0.4, 0.5) is 5.69 Å². The number of carbonyl (C=O) groups excluding carboxylic acids is 2. The van der Waals surface area contributed by atoms with Crippen molar-refractivity contribution < 1.29 is 14.3 Å². The van der Waals surface area contributed by atoms with Gasteiger partial charge in [-0.2, -0.15) is 5.10 Å². The number of morpholine rings is 1. The molecule has 2 aliphatic rings. The molecule has 4 rings (SSSR count). The maximum Gasteiger partial charge on any atom is 0.276 e. The number of piperidine rings is 1. The summed E-state index contributed by atoms with van der Waals surface area (Å²) in [4.78, 5) is 26.7. The fourth-order valence-corrected chi connectivity index (χ4v) is 3.56. The van der Waals surface area contributed by atoms with Crippen molar-refractivity contribution in [3.63, 3.8) is 0 Å². The van der Waals surface area contributed by atoms with Crippen molar-refractivity contribution in [3.8, 4) is 0 Å². The van der Waals surface area contributed by atoms with Crippen LogP contribution in [0, 0.1) is 0 Å². The molecule has 9 heteroatoms. The second-order valence-electron chi connectivity index (χ2n) is 7.12. The summed E-state index contributed by atoms with van der Waals surface area (Å²) in [6.45, 7) is 4.27. The highest BCUT2D eigenvalue weighted by molar-refractivity contribution is 6.03. The van der Waals surface area contributed by atoms with E-state index in [0.29, 0.717) is 49.3 Å². The lowest BCUT2D eigenvalue weighted by Crippen LogP contribution is -2.40. The van der Waals surface area contributed by atoms with Crippen molar-refractivity contribution in [1.29, 1.82) is 0 Å². The van der Waals surface area contributed by atoms with Gasteiger partial charge in [-0.15, -0.1) is 12.4 Å². The van der Waals surface area contributed by atoms with Crippen molar-refractivity contribution in [3.05, 3.63) is 47.8 Å². The molecule has 0 radical (unpaired) electrons. The van der Waals surface area contributed by atoms with Crippen molar-refractivity contribution in [1.82, 2.24) is 20.0 Å². The van der Waals surface area contributed by atoms with E-state index in [9.17, 15) is 9.59 Å². The summed E-state index contributed by atoms with van der Waals surface area (Å²) >= 11 is 0. The standard InChI is InChI=1S/C20H25N5O3.ClH/c26-19(18-7-9-25(23-18)17-2-1-8-21-14-17)22-16-5-3-15(4-6-16)20(27)24-10-12-28-13-11-24;/h3-7,9,17,21H,1-2,8,10-14H2,(H,22,26);1H. The lowest BCUT2D eigenvalue weighted by atomic mass is 10.1. The molecule has 0 bridgehead atoms. The molecule has 29 heavy (non-hydrogen) atoms. The van der Waals surface area contributed by atoms with Gasteiger partial charge in [0.15, 0.2) is 5.69 Å². The van der Waals surface area contributed by atoms with Crippen LogP contribution in [0.15, 0.2) is 36.5 Å². The van der Waals surface area contributed by atoms with E-state index in [0.717, 1.165) is 25.9 Å². The number of rotatable bonds is 4. The molecule has 2 N–H and O–H groups in total. The van der Waals surface area contributed by atoms with E-state index in [4.69, 9.17) is 4.74 Å². The Hall–Kier alpha value is -2.42. The number of nitrogens with zero attached hydrogens (tertiary/aromatic N) is 3. The van der Waals surface area contributed by atoms with E-state index in [1.165, 1.54) is 0 Å². The molecule has 2 aliphatic heterocycles. The van der Waals surface area contributed by atoms with Gasteiger partial charge >= 0.3 is 0 Å². The molecule has 2 aromatic rings. The zero-order chi connectivity index (χ0) is 19.3. The summed E-state index contributed by atoms with van der Waals surface area (Å²) < 4.78 is 7.14. The van der Waals surface area contributed by atoms with Crippen molar-refractivity contribution >= 4 is 29.9 Å². The third kappa shape index (κ3) is 5.14. The lowest BCUT2D eigenvalue weighted by Gasteiger charge is -2.26. The number of amides is 2. The van der Waals surface area contributed by atoms with Crippen molar-refractivity contribution in [2.45, 2.75) is 18.9 Å². The van der Waals surface area contributed by atoms with Crippen LogP contribution in [-0.4, -0.2) is 65.9 Å². The third-order valence-corrected chi connectivity index (χ3v) is 5.17. The van der Waals surface area contributed by atoms with Gasteiger partial charge in [-0.05, 0) is 49.7 Å². The average molecular weight is 420 g/mol. The molecule has 0 saturated carbocycles. The Morgan fingerprint density at radius 3 is 2.59 bits per heavy atom. The molecular weight excluding hydrogens is 394 g/mol. The molecule has 2 saturated heterocycles. The Balaban J connectivity index is 0.00000240.